The summed E-state index contributed by atoms with van der Waals surface area (Å²) in [6.45, 7) is 0. The first-order chi connectivity index (χ1) is 19.8. The molecule has 26 heteroatoms. The molecule has 4 aromatic rings. The third kappa shape index (κ3) is 10.7. The van der Waals surface area contributed by atoms with Crippen molar-refractivity contribution in [1.29, 1.82) is 0 Å². The van der Waals surface area contributed by atoms with E-state index in [2.05, 4.69) is 35.8 Å². The molecule has 0 fully saturated rings. The molecule has 0 unspecified atom stereocenters. The van der Waals surface area contributed by atoms with Crippen LogP contribution in [0.5, 0.6) is 0 Å². The maximum Gasteiger partial charge on any atom is 1.00 e. The normalized spacial score (nSPS) is 11.7. The van der Waals surface area contributed by atoms with Crippen LogP contribution in [0.2, 0.25) is 5.28 Å². The first kappa shape index (κ1) is 42.4. The van der Waals surface area contributed by atoms with Crippen molar-refractivity contribution in [3.63, 3.8) is 0 Å². The van der Waals surface area contributed by atoms with E-state index in [0.29, 0.717) is 12.1 Å². The molecule has 0 aliphatic heterocycles. The molecule has 4 rings (SSSR count). The molecule has 0 saturated carbocycles. The third-order valence-corrected chi connectivity index (χ3v) is 7.92. The van der Waals surface area contributed by atoms with Gasteiger partial charge in [-0.2, -0.15) is 20.1 Å². The van der Waals surface area contributed by atoms with E-state index >= 15 is 0 Å². The number of carbonyl (C=O) groups is 1. The number of hydrogen-bond donors (Lipinski definition) is 4. The number of nitrogen functional groups attached to an aromatic ring is 1. The minimum absolute atomic E-state index is 0. The molecule has 226 valence electrons. The first-order valence-electron chi connectivity index (χ1n) is 10.9. The van der Waals surface area contributed by atoms with Crippen LogP contribution in [0.1, 0.15) is 0 Å². The van der Waals surface area contributed by atoms with E-state index in [4.69, 9.17) is 23.1 Å². The van der Waals surface area contributed by atoms with Gasteiger partial charge in [-0.1, -0.05) is 0 Å². The standard InChI is InChI=1S/C20H16ClN9O10S3.3Na/c21-17-26-18(22)28-20(27-17)24-8-1-2-13(14(4-8)25-19(23)31)30-29-9-3-11-12(15(5-9)42(35,36)37)6-10(41(32,33)34)7-16(11)43(38,39)40;;;/h1-7H,(H3,23,25,31)(H,32,33,34)(H,35,36,37)(H,38,39,40)(H3,22,24,26,27,28);;;/q;3*+1/p-3. The number of azo groups is 1. The summed E-state index contributed by atoms with van der Waals surface area (Å²) in [5, 5.41) is 10.8. The summed E-state index contributed by atoms with van der Waals surface area (Å²) in [6, 6.07) is 4.97. The fourth-order valence-corrected chi connectivity index (χ4v) is 5.75. The van der Waals surface area contributed by atoms with Crippen LogP contribution in [0.4, 0.5) is 39.4 Å². The monoisotopic (exact) mass is 739 g/mol. The molecule has 0 spiro atoms. The van der Waals surface area contributed by atoms with E-state index < -0.39 is 67.5 Å². The Morgan fingerprint density at radius 3 is 1.91 bits per heavy atom. The number of aromatic nitrogens is 3. The van der Waals surface area contributed by atoms with Crippen LogP contribution in [-0.2, 0) is 30.4 Å². The Morgan fingerprint density at radius 1 is 0.783 bits per heavy atom. The summed E-state index contributed by atoms with van der Waals surface area (Å²) in [6.07, 6.45) is 0. The van der Waals surface area contributed by atoms with E-state index in [1.807, 2.05) is 0 Å². The number of nitrogens with two attached hydrogens (primary N) is 2. The van der Waals surface area contributed by atoms with E-state index in [-0.39, 0.29) is 129 Å². The van der Waals surface area contributed by atoms with Crippen molar-refractivity contribution >= 4 is 93.4 Å². The molecule has 3 aromatic carbocycles. The molecule has 1 heterocycles. The van der Waals surface area contributed by atoms with Gasteiger partial charge in [0.15, 0.2) is 0 Å². The molecule has 0 atom stereocenters. The molecule has 0 saturated heterocycles. The molecule has 2 amide bonds. The maximum atomic E-state index is 12.0. The van der Waals surface area contributed by atoms with Crippen molar-refractivity contribution in [2.75, 3.05) is 16.4 Å². The van der Waals surface area contributed by atoms with Gasteiger partial charge < -0.3 is 35.8 Å². The number of hydrogen-bond acceptors (Lipinski definition) is 17. The zero-order valence-corrected chi connectivity index (χ0v) is 32.8. The van der Waals surface area contributed by atoms with Crippen molar-refractivity contribution in [3.8, 4) is 0 Å². The number of primary amides is 1. The minimum Gasteiger partial charge on any atom is -0.744 e. The number of benzene rings is 3. The van der Waals surface area contributed by atoms with Crippen LogP contribution in [0.15, 0.2) is 67.4 Å². The fourth-order valence-electron chi connectivity index (χ4n) is 3.57. The Morgan fingerprint density at radius 2 is 1.37 bits per heavy atom. The molecule has 0 bridgehead atoms. The summed E-state index contributed by atoms with van der Waals surface area (Å²) in [5.74, 6) is -0.270. The Bertz CT molecular complexity index is 2170. The smallest absolute Gasteiger partial charge is 0.744 e. The Labute approximate surface area is 331 Å². The predicted octanol–water partition coefficient (Wildman–Crippen LogP) is -7.37. The molecule has 0 radical (unpaired) electrons. The second-order valence-electron chi connectivity index (χ2n) is 8.16. The van der Waals surface area contributed by atoms with Crippen LogP contribution >= 0.6 is 11.6 Å². The van der Waals surface area contributed by atoms with Gasteiger partial charge >= 0.3 is 94.7 Å². The third-order valence-electron chi connectivity index (χ3n) is 5.19. The van der Waals surface area contributed by atoms with Gasteiger partial charge in [0.05, 0.1) is 26.1 Å². The van der Waals surface area contributed by atoms with Gasteiger partial charge in [-0.05, 0) is 54.1 Å². The van der Waals surface area contributed by atoms with E-state index in [1.165, 1.54) is 18.2 Å². The Balaban J connectivity index is 0.00000353. The van der Waals surface area contributed by atoms with E-state index in [1.54, 1.807) is 0 Å². The van der Waals surface area contributed by atoms with Crippen LogP contribution < -0.4 is 111 Å². The minimum atomic E-state index is -5.54. The first-order valence-corrected chi connectivity index (χ1v) is 15.5. The van der Waals surface area contributed by atoms with Gasteiger partial charge in [0.2, 0.25) is 17.2 Å². The molecule has 0 aliphatic rings. The van der Waals surface area contributed by atoms with Crippen molar-refractivity contribution < 1.29 is 132 Å². The van der Waals surface area contributed by atoms with Gasteiger partial charge in [0.25, 0.3) is 0 Å². The number of rotatable bonds is 8. The number of carbonyl (C=O) groups excluding carboxylic acids is 1. The topological polar surface area (TPSA) is 328 Å². The number of fused-ring (bicyclic) bond motifs is 1. The van der Waals surface area contributed by atoms with Gasteiger partial charge in [0.1, 0.15) is 36.0 Å². The summed E-state index contributed by atoms with van der Waals surface area (Å²) < 4.78 is 106. The average molecular weight is 740 g/mol. The maximum absolute atomic E-state index is 12.0. The summed E-state index contributed by atoms with van der Waals surface area (Å²) in [7, 11) is -16.4. The number of nitrogens with zero attached hydrogens (tertiary/aromatic N) is 5. The van der Waals surface area contributed by atoms with Crippen molar-refractivity contribution in [2.24, 2.45) is 16.0 Å². The average Bonchev–Trinajstić information content (AvgIpc) is 2.84. The number of urea groups is 1. The molecular weight excluding hydrogens is 727 g/mol. The summed E-state index contributed by atoms with van der Waals surface area (Å²) in [4.78, 5) is 19.0. The summed E-state index contributed by atoms with van der Waals surface area (Å²) in [5.41, 5.74) is 10.3. The number of nitrogens with one attached hydrogen (secondary N) is 2. The van der Waals surface area contributed by atoms with Crippen molar-refractivity contribution in [1.82, 2.24) is 15.0 Å². The molecule has 46 heavy (non-hydrogen) atoms. The number of amides is 2. The van der Waals surface area contributed by atoms with Crippen LogP contribution in [0, 0.1) is 0 Å². The molecule has 0 aliphatic carbocycles. The molecule has 19 nitrogen and oxygen atoms in total. The zero-order chi connectivity index (χ0) is 31.9. The Kier molecular flexibility index (Phi) is 15.0. The predicted molar refractivity (Wildman–Crippen MR) is 144 cm³/mol. The van der Waals surface area contributed by atoms with Gasteiger partial charge in [-0.3, -0.25) is 0 Å². The SMILES string of the molecule is NC(=O)Nc1cc(Nc2nc(N)nc(Cl)n2)ccc1N=Nc1cc(S(=O)(=O)[O-])c2cc(S(=O)(=O)[O-])cc(S(=O)(=O)[O-])c2c1.[Na+].[Na+].[Na+]. The number of anilines is 4. The van der Waals surface area contributed by atoms with Crippen molar-refractivity contribution in [3.05, 3.63) is 47.7 Å². The van der Waals surface area contributed by atoms with Gasteiger partial charge in [0, 0.05) is 16.5 Å². The van der Waals surface area contributed by atoms with Gasteiger partial charge in [-0.15, -0.1) is 5.11 Å². The second-order valence-corrected chi connectivity index (χ2v) is 12.6. The fraction of sp³-hybridized carbons (Fsp3) is 0. The van der Waals surface area contributed by atoms with E-state index in [0.717, 1.165) is 6.07 Å². The van der Waals surface area contributed by atoms with Gasteiger partial charge in [-0.25, -0.2) is 30.0 Å². The van der Waals surface area contributed by atoms with Crippen LogP contribution in [0.3, 0.4) is 0 Å². The molecule has 1 aromatic heterocycles. The summed E-state index contributed by atoms with van der Waals surface area (Å²) >= 11 is 5.75. The Hall–Kier alpha value is -1.58. The van der Waals surface area contributed by atoms with Crippen LogP contribution in [-0.4, -0.2) is 59.9 Å². The number of halogens is 1. The van der Waals surface area contributed by atoms with Crippen LogP contribution in [0.25, 0.3) is 10.8 Å². The quantitative estimate of drug-likeness (QED) is 0.0741. The zero-order valence-electron chi connectivity index (χ0n) is 23.6. The molecule has 6 N–H and O–H groups in total. The second kappa shape index (κ2) is 16.2. The van der Waals surface area contributed by atoms with Crippen molar-refractivity contribution in [2.45, 2.75) is 14.7 Å². The molecular formula is C20H13ClN9Na3O10S3. The van der Waals surface area contributed by atoms with E-state index in [9.17, 15) is 43.7 Å². The largest absolute Gasteiger partial charge is 1.00 e.